The Morgan fingerprint density at radius 3 is 1.24 bits per heavy atom. The molecular weight excluding hydrogens is 316 g/mol. The molecule has 2 aliphatic heterocycles. The third kappa shape index (κ3) is 4.95. The number of morpholine rings is 2. The molecule has 0 bridgehead atoms. The predicted molar refractivity (Wildman–Crippen MR) is 102 cm³/mol. The van der Waals surface area contributed by atoms with Crippen LogP contribution in [-0.4, -0.2) is 71.8 Å². The van der Waals surface area contributed by atoms with Crippen LogP contribution in [-0.2, 0) is 14.2 Å². The largest absolute Gasteiger partial charge is 0.373 e. The summed E-state index contributed by atoms with van der Waals surface area (Å²) in [7, 11) is 0. The molecule has 0 N–H and O–H groups in total. The van der Waals surface area contributed by atoms with Crippen LogP contribution in [0.25, 0.3) is 0 Å². The molecule has 5 nitrogen and oxygen atoms in total. The molecule has 2 saturated heterocycles. The van der Waals surface area contributed by atoms with Crippen LogP contribution in [0.3, 0.4) is 0 Å². The minimum absolute atomic E-state index is 0.245. The highest BCUT2D eigenvalue weighted by Crippen LogP contribution is 2.35. The molecule has 2 aliphatic rings. The van der Waals surface area contributed by atoms with Crippen molar-refractivity contribution in [3.05, 3.63) is 0 Å². The van der Waals surface area contributed by atoms with Crippen LogP contribution in [0.15, 0.2) is 0 Å². The minimum Gasteiger partial charge on any atom is -0.373 e. The van der Waals surface area contributed by atoms with E-state index in [9.17, 15) is 0 Å². The first-order valence-electron chi connectivity index (χ1n) is 10.1. The van der Waals surface area contributed by atoms with Crippen molar-refractivity contribution in [3.8, 4) is 0 Å². The summed E-state index contributed by atoms with van der Waals surface area (Å²) < 4.78 is 18.8. The van der Waals surface area contributed by atoms with Gasteiger partial charge in [0.1, 0.15) is 11.4 Å². The lowest BCUT2D eigenvalue weighted by atomic mass is 10.0. The smallest absolute Gasteiger partial charge is 0.121 e. The van der Waals surface area contributed by atoms with E-state index in [1.807, 2.05) is 0 Å². The van der Waals surface area contributed by atoms with Gasteiger partial charge < -0.3 is 14.2 Å². The van der Waals surface area contributed by atoms with Crippen LogP contribution in [0, 0.1) is 0 Å². The van der Waals surface area contributed by atoms with Crippen molar-refractivity contribution >= 4 is 0 Å². The monoisotopic (exact) mass is 356 g/mol. The van der Waals surface area contributed by atoms with E-state index in [0.717, 1.165) is 39.0 Å². The maximum absolute atomic E-state index is 6.94. The molecule has 0 saturated carbocycles. The van der Waals surface area contributed by atoms with Crippen LogP contribution in [0.4, 0.5) is 0 Å². The highest BCUT2D eigenvalue weighted by atomic mass is 16.6. The van der Waals surface area contributed by atoms with E-state index in [1.54, 1.807) is 0 Å². The van der Waals surface area contributed by atoms with E-state index in [0.29, 0.717) is 0 Å². The van der Waals surface area contributed by atoms with Gasteiger partial charge in [-0.1, -0.05) is 13.8 Å². The van der Waals surface area contributed by atoms with Gasteiger partial charge in [0, 0.05) is 26.2 Å². The van der Waals surface area contributed by atoms with Crippen molar-refractivity contribution < 1.29 is 14.2 Å². The highest BCUT2D eigenvalue weighted by Gasteiger charge is 2.45. The molecule has 6 unspecified atom stereocenters. The van der Waals surface area contributed by atoms with Crippen LogP contribution >= 0.6 is 0 Å². The van der Waals surface area contributed by atoms with Gasteiger partial charge in [-0.2, -0.15) is 0 Å². The molecule has 6 atom stereocenters. The molecule has 148 valence electrons. The average molecular weight is 357 g/mol. The fourth-order valence-electron chi connectivity index (χ4n) is 4.32. The molecule has 0 aromatic rings. The third-order valence-electron chi connectivity index (χ3n) is 5.93. The topological polar surface area (TPSA) is 34.2 Å². The summed E-state index contributed by atoms with van der Waals surface area (Å²) in [6, 6.07) is 0. The number of ether oxygens (including phenoxy) is 3. The number of nitrogens with zero attached hydrogens (tertiary/aromatic N) is 2. The third-order valence-corrected chi connectivity index (χ3v) is 5.93. The Bertz CT molecular complexity index is 377. The number of hydrogen-bond acceptors (Lipinski definition) is 5. The van der Waals surface area contributed by atoms with Crippen LogP contribution < -0.4 is 0 Å². The number of hydrogen-bond donors (Lipinski definition) is 0. The van der Waals surface area contributed by atoms with Gasteiger partial charge in [-0.15, -0.1) is 0 Å². The summed E-state index contributed by atoms with van der Waals surface area (Å²) in [6.45, 7) is 21.3. The van der Waals surface area contributed by atoms with Gasteiger partial charge in [-0.05, 0) is 54.4 Å². The summed E-state index contributed by atoms with van der Waals surface area (Å²) in [6.07, 6.45) is 2.89. The first-order chi connectivity index (χ1) is 11.6. The van der Waals surface area contributed by atoms with E-state index < -0.39 is 0 Å². The molecule has 2 fully saturated rings. The zero-order valence-corrected chi connectivity index (χ0v) is 17.7. The standard InChI is InChI=1S/C20H40N2O3/c1-9-19(7,21-11-15(3)23-16(4)12-21)25-20(8,10-2)22-13-17(5)24-18(6)14-22/h15-18H,9-14H2,1-8H3. The maximum Gasteiger partial charge on any atom is 0.121 e. The second kappa shape index (κ2) is 8.22. The van der Waals surface area contributed by atoms with Gasteiger partial charge in [-0.3, -0.25) is 9.80 Å². The maximum atomic E-state index is 6.94. The molecule has 5 heteroatoms. The Labute approximate surface area is 155 Å². The van der Waals surface area contributed by atoms with E-state index in [1.165, 1.54) is 0 Å². The summed E-state index contributed by atoms with van der Waals surface area (Å²) in [5.74, 6) is 0. The molecule has 0 radical (unpaired) electrons. The van der Waals surface area contributed by atoms with Gasteiger partial charge >= 0.3 is 0 Å². The van der Waals surface area contributed by atoms with Crippen molar-refractivity contribution in [3.63, 3.8) is 0 Å². The molecule has 25 heavy (non-hydrogen) atoms. The summed E-state index contributed by atoms with van der Waals surface area (Å²) in [5.41, 5.74) is -0.580. The molecule has 2 heterocycles. The lowest BCUT2D eigenvalue weighted by Gasteiger charge is -2.53. The second-order valence-electron chi connectivity index (χ2n) is 8.48. The Morgan fingerprint density at radius 1 is 0.720 bits per heavy atom. The van der Waals surface area contributed by atoms with Crippen LogP contribution in [0.2, 0.25) is 0 Å². The van der Waals surface area contributed by atoms with Gasteiger partial charge in [0.05, 0.1) is 24.4 Å². The minimum atomic E-state index is -0.290. The fraction of sp³-hybridized carbons (Fsp3) is 1.00. The quantitative estimate of drug-likeness (QED) is 0.728. The van der Waals surface area contributed by atoms with Gasteiger partial charge in [0.25, 0.3) is 0 Å². The van der Waals surface area contributed by atoms with Crippen molar-refractivity contribution in [1.82, 2.24) is 9.80 Å². The highest BCUT2D eigenvalue weighted by molar-refractivity contribution is 4.89. The number of rotatable bonds is 6. The molecule has 0 amide bonds. The van der Waals surface area contributed by atoms with Crippen molar-refractivity contribution in [2.75, 3.05) is 26.2 Å². The average Bonchev–Trinajstić information content (AvgIpc) is 2.52. The lowest BCUT2D eigenvalue weighted by molar-refractivity contribution is -0.293. The van der Waals surface area contributed by atoms with E-state index in [2.05, 4.69) is 65.2 Å². The fourth-order valence-corrected chi connectivity index (χ4v) is 4.32. The lowest BCUT2D eigenvalue weighted by Crippen LogP contribution is -2.64. The summed E-state index contributed by atoms with van der Waals surface area (Å²) >= 11 is 0. The Kier molecular flexibility index (Phi) is 6.94. The molecule has 0 aromatic heterocycles. The van der Waals surface area contributed by atoms with E-state index in [4.69, 9.17) is 14.2 Å². The van der Waals surface area contributed by atoms with Crippen molar-refractivity contribution in [1.29, 1.82) is 0 Å². The Hall–Kier alpha value is -0.200. The first kappa shape index (κ1) is 21.1. The van der Waals surface area contributed by atoms with Gasteiger partial charge in [0.15, 0.2) is 0 Å². The van der Waals surface area contributed by atoms with Crippen LogP contribution in [0.5, 0.6) is 0 Å². The van der Waals surface area contributed by atoms with E-state index >= 15 is 0 Å². The molecule has 0 spiro atoms. The van der Waals surface area contributed by atoms with E-state index in [-0.39, 0.29) is 35.9 Å². The zero-order chi connectivity index (χ0) is 18.8. The predicted octanol–water partition coefficient (Wildman–Crippen LogP) is 3.47. The molecule has 0 aromatic carbocycles. The Morgan fingerprint density at radius 2 is 1.00 bits per heavy atom. The van der Waals surface area contributed by atoms with Crippen molar-refractivity contribution in [2.24, 2.45) is 0 Å². The summed E-state index contributed by atoms with van der Waals surface area (Å²) in [4.78, 5) is 4.96. The van der Waals surface area contributed by atoms with Gasteiger partial charge in [-0.25, -0.2) is 0 Å². The second-order valence-corrected chi connectivity index (χ2v) is 8.48. The molecule has 0 aliphatic carbocycles. The molecular formula is C20H40N2O3. The van der Waals surface area contributed by atoms with Crippen LogP contribution in [0.1, 0.15) is 68.2 Å². The summed E-state index contributed by atoms with van der Waals surface area (Å²) in [5, 5.41) is 0. The first-order valence-corrected chi connectivity index (χ1v) is 10.1. The Balaban J connectivity index is 2.18. The van der Waals surface area contributed by atoms with Crippen molar-refractivity contribution in [2.45, 2.75) is 104 Å². The van der Waals surface area contributed by atoms with Gasteiger partial charge in [0.2, 0.25) is 0 Å². The normalized spacial score (nSPS) is 37.4. The SMILES string of the molecule is CCC(C)(OC(C)(CC)N1CC(C)OC(C)C1)N1CC(C)OC(C)C1. The molecule has 2 rings (SSSR count). The zero-order valence-electron chi connectivity index (χ0n) is 17.7.